The monoisotopic (exact) mass is 438 g/mol. The van der Waals surface area contributed by atoms with Gasteiger partial charge in [-0.25, -0.2) is 0 Å². The third-order valence-corrected chi connectivity index (χ3v) is 5.79. The number of ether oxygens (including phenoxy) is 3. The number of carbonyl (C=O) groups is 3. The average molecular weight is 438 g/mol. The molecule has 168 valence electrons. The van der Waals surface area contributed by atoms with Gasteiger partial charge in [0.1, 0.15) is 0 Å². The maximum absolute atomic E-state index is 12.7. The van der Waals surface area contributed by atoms with E-state index in [-0.39, 0.29) is 18.6 Å². The summed E-state index contributed by atoms with van der Waals surface area (Å²) in [6.45, 7) is 4.55. The van der Waals surface area contributed by atoms with Crippen LogP contribution in [0.5, 0.6) is 11.5 Å². The van der Waals surface area contributed by atoms with Gasteiger partial charge in [0.25, 0.3) is 11.8 Å². The van der Waals surface area contributed by atoms with Crippen molar-refractivity contribution in [2.45, 2.75) is 32.8 Å². The van der Waals surface area contributed by atoms with E-state index in [2.05, 4.69) is 5.32 Å². The van der Waals surface area contributed by atoms with Crippen LogP contribution < -0.4 is 14.8 Å². The molecule has 0 saturated carbocycles. The Kier molecular flexibility index (Phi) is 6.30. The zero-order valence-electron chi connectivity index (χ0n) is 18.1. The second kappa shape index (κ2) is 9.30. The lowest BCUT2D eigenvalue weighted by Crippen LogP contribution is -2.42. The van der Waals surface area contributed by atoms with E-state index in [1.807, 2.05) is 31.2 Å². The molecule has 0 spiro atoms. The van der Waals surface area contributed by atoms with Crippen LogP contribution in [0.1, 0.15) is 35.7 Å². The number of amides is 2. The number of carbonyl (C=O) groups excluding carboxylic acids is 3. The van der Waals surface area contributed by atoms with Crippen molar-refractivity contribution in [1.29, 1.82) is 0 Å². The first-order valence-electron chi connectivity index (χ1n) is 10.7. The lowest BCUT2D eigenvalue weighted by Gasteiger charge is -2.31. The summed E-state index contributed by atoms with van der Waals surface area (Å²) in [7, 11) is 0. The number of nitrogens with zero attached hydrogens (tertiary/aromatic N) is 1. The van der Waals surface area contributed by atoms with Gasteiger partial charge in [0.05, 0.1) is 5.92 Å². The van der Waals surface area contributed by atoms with Crippen LogP contribution in [0.3, 0.4) is 0 Å². The Morgan fingerprint density at radius 1 is 1.06 bits per heavy atom. The van der Waals surface area contributed by atoms with Gasteiger partial charge in [-0.1, -0.05) is 18.2 Å². The number of hydrogen-bond donors (Lipinski definition) is 1. The number of piperidine rings is 1. The average Bonchev–Trinajstić information content (AvgIpc) is 3.27. The second-order valence-electron chi connectivity index (χ2n) is 8.02. The summed E-state index contributed by atoms with van der Waals surface area (Å²) in [4.78, 5) is 39.5. The van der Waals surface area contributed by atoms with Gasteiger partial charge in [-0.3, -0.25) is 14.4 Å². The van der Waals surface area contributed by atoms with Gasteiger partial charge >= 0.3 is 5.97 Å². The van der Waals surface area contributed by atoms with Crippen LogP contribution in [0.2, 0.25) is 0 Å². The molecular weight excluding hydrogens is 412 g/mol. The first-order chi connectivity index (χ1) is 15.4. The fraction of sp³-hybridized carbons (Fsp3) is 0.375. The van der Waals surface area contributed by atoms with Gasteiger partial charge in [0, 0.05) is 30.4 Å². The van der Waals surface area contributed by atoms with E-state index in [9.17, 15) is 14.4 Å². The Balaban J connectivity index is 1.26. The maximum atomic E-state index is 12.7. The molecule has 32 heavy (non-hydrogen) atoms. The van der Waals surface area contributed by atoms with E-state index in [4.69, 9.17) is 14.2 Å². The topological polar surface area (TPSA) is 94.2 Å². The highest BCUT2D eigenvalue weighted by molar-refractivity contribution is 5.96. The van der Waals surface area contributed by atoms with Crippen LogP contribution in [-0.4, -0.2) is 48.7 Å². The molecule has 1 fully saturated rings. The van der Waals surface area contributed by atoms with Crippen molar-refractivity contribution in [3.05, 3.63) is 53.6 Å². The number of likely N-dealkylation sites (tertiary alicyclic amines) is 1. The number of esters is 1. The van der Waals surface area contributed by atoms with E-state index in [0.717, 1.165) is 5.56 Å². The van der Waals surface area contributed by atoms with E-state index in [1.165, 1.54) is 6.92 Å². The summed E-state index contributed by atoms with van der Waals surface area (Å²) in [5, 5.41) is 2.72. The van der Waals surface area contributed by atoms with Gasteiger partial charge in [0.15, 0.2) is 17.6 Å². The van der Waals surface area contributed by atoms with E-state index >= 15 is 0 Å². The molecule has 2 aromatic rings. The minimum atomic E-state index is -0.945. The summed E-state index contributed by atoms with van der Waals surface area (Å²) in [5.41, 5.74) is 2.15. The molecular formula is C24H26N2O6. The molecule has 8 nitrogen and oxygen atoms in total. The van der Waals surface area contributed by atoms with Crippen molar-refractivity contribution in [2.24, 2.45) is 5.92 Å². The molecule has 4 rings (SSSR count). The summed E-state index contributed by atoms with van der Waals surface area (Å²) in [6, 6.07) is 12.5. The van der Waals surface area contributed by atoms with Crippen molar-refractivity contribution in [3.8, 4) is 11.5 Å². The third-order valence-electron chi connectivity index (χ3n) is 5.79. The van der Waals surface area contributed by atoms with Crippen LogP contribution in [0.4, 0.5) is 5.69 Å². The first-order valence-corrected chi connectivity index (χ1v) is 10.7. The minimum absolute atomic E-state index is 0.0219. The molecule has 2 aromatic carbocycles. The van der Waals surface area contributed by atoms with E-state index in [1.54, 1.807) is 23.1 Å². The van der Waals surface area contributed by atoms with Crippen LogP contribution >= 0.6 is 0 Å². The molecule has 0 bridgehead atoms. The number of benzene rings is 2. The summed E-state index contributed by atoms with van der Waals surface area (Å²) < 4.78 is 16.0. The molecule has 1 saturated heterocycles. The molecule has 1 unspecified atom stereocenters. The van der Waals surface area contributed by atoms with Crippen molar-refractivity contribution in [2.75, 3.05) is 25.2 Å². The Labute approximate surface area is 186 Å². The summed E-state index contributed by atoms with van der Waals surface area (Å²) >= 11 is 0. The van der Waals surface area contributed by atoms with Gasteiger partial charge in [0.2, 0.25) is 6.79 Å². The summed E-state index contributed by atoms with van der Waals surface area (Å²) in [6.07, 6.45) is 0.0689. The predicted molar refractivity (Wildman–Crippen MR) is 117 cm³/mol. The molecule has 8 heteroatoms. The van der Waals surface area contributed by atoms with Crippen LogP contribution in [-0.2, 0) is 14.3 Å². The van der Waals surface area contributed by atoms with Crippen molar-refractivity contribution in [1.82, 2.24) is 4.90 Å². The zero-order valence-corrected chi connectivity index (χ0v) is 18.1. The number of anilines is 1. The molecule has 0 aromatic heterocycles. The number of aryl methyl sites for hydroxylation is 1. The van der Waals surface area contributed by atoms with E-state index < -0.39 is 18.0 Å². The Bertz CT molecular complexity index is 1030. The number of nitrogens with one attached hydrogen (secondary N) is 1. The molecule has 0 aliphatic carbocycles. The molecule has 2 aliphatic rings. The molecule has 2 aliphatic heterocycles. The van der Waals surface area contributed by atoms with Crippen LogP contribution in [0.25, 0.3) is 0 Å². The Morgan fingerprint density at radius 3 is 2.53 bits per heavy atom. The number of fused-ring (bicyclic) bond motifs is 1. The smallest absolute Gasteiger partial charge is 0.309 e. The largest absolute Gasteiger partial charge is 0.454 e. The number of hydrogen-bond acceptors (Lipinski definition) is 6. The van der Waals surface area contributed by atoms with Crippen molar-refractivity contribution < 1.29 is 28.6 Å². The SMILES string of the molecule is Cc1ccccc1C(=O)N1CCC(C(=O)OC(C)C(=O)Nc2ccc3c(c2)OCO3)CC1. The number of rotatable bonds is 5. The highest BCUT2D eigenvalue weighted by Crippen LogP contribution is 2.34. The highest BCUT2D eigenvalue weighted by atomic mass is 16.7. The molecule has 2 heterocycles. The van der Waals surface area contributed by atoms with Gasteiger partial charge in [-0.2, -0.15) is 0 Å². The molecule has 0 radical (unpaired) electrons. The fourth-order valence-corrected chi connectivity index (χ4v) is 3.84. The predicted octanol–water partition coefficient (Wildman–Crippen LogP) is 3.15. The lowest BCUT2D eigenvalue weighted by atomic mass is 9.96. The van der Waals surface area contributed by atoms with Gasteiger partial charge in [-0.15, -0.1) is 0 Å². The molecule has 1 atom stereocenters. The van der Waals surface area contributed by atoms with E-state index in [0.29, 0.717) is 48.7 Å². The quantitative estimate of drug-likeness (QED) is 0.721. The van der Waals surface area contributed by atoms with Crippen LogP contribution in [0, 0.1) is 12.8 Å². The van der Waals surface area contributed by atoms with Crippen molar-refractivity contribution in [3.63, 3.8) is 0 Å². The summed E-state index contributed by atoms with van der Waals surface area (Å²) in [5.74, 6) is -0.0250. The molecule has 2 amide bonds. The standard InChI is InChI=1S/C24H26N2O6/c1-15-5-3-4-6-19(15)23(28)26-11-9-17(10-12-26)24(29)32-16(2)22(27)25-18-7-8-20-21(13-18)31-14-30-20/h3-8,13,16-17H,9-12,14H2,1-2H3,(H,25,27). The Morgan fingerprint density at radius 2 is 1.78 bits per heavy atom. The third kappa shape index (κ3) is 4.69. The highest BCUT2D eigenvalue weighted by Gasteiger charge is 2.31. The van der Waals surface area contributed by atoms with Crippen molar-refractivity contribution >= 4 is 23.5 Å². The van der Waals surface area contributed by atoms with Gasteiger partial charge in [-0.05, 0) is 50.5 Å². The maximum Gasteiger partial charge on any atom is 0.309 e. The molecule has 1 N–H and O–H groups in total. The van der Waals surface area contributed by atoms with Gasteiger partial charge < -0.3 is 24.4 Å². The minimum Gasteiger partial charge on any atom is -0.454 e. The fourth-order valence-electron chi connectivity index (χ4n) is 3.84. The van der Waals surface area contributed by atoms with Crippen LogP contribution in [0.15, 0.2) is 42.5 Å². The first kappa shape index (κ1) is 21.7. The Hall–Kier alpha value is -3.55. The lowest BCUT2D eigenvalue weighted by molar-refractivity contribution is -0.158. The second-order valence-corrected chi connectivity index (χ2v) is 8.02. The normalized spacial score (nSPS) is 16.4. The zero-order chi connectivity index (χ0) is 22.7.